The van der Waals surface area contributed by atoms with Crippen molar-refractivity contribution in [3.63, 3.8) is 0 Å². The predicted octanol–water partition coefficient (Wildman–Crippen LogP) is 8.55. The lowest BCUT2D eigenvalue weighted by Gasteiger charge is -2.30. The molecule has 1 atom stereocenters. The first-order valence-corrected chi connectivity index (χ1v) is 17.8. The summed E-state index contributed by atoms with van der Waals surface area (Å²) in [6, 6.07) is 22.0. The number of allylic oxidation sites excluding steroid dienone is 2. The van der Waals surface area contributed by atoms with E-state index in [1.807, 2.05) is 76.2 Å². The summed E-state index contributed by atoms with van der Waals surface area (Å²) < 4.78 is 11.4. The number of esters is 1. The Hall–Kier alpha value is -5.25. The van der Waals surface area contributed by atoms with E-state index < -0.39 is 24.1 Å². The van der Waals surface area contributed by atoms with Crippen LogP contribution in [0.4, 0.5) is 10.5 Å². The van der Waals surface area contributed by atoms with E-state index in [-0.39, 0.29) is 61.3 Å². The molecule has 0 aliphatic heterocycles. The molecular weight excluding hydrogens is 660 g/mol. The van der Waals surface area contributed by atoms with Crippen molar-refractivity contribution in [3.05, 3.63) is 101 Å². The van der Waals surface area contributed by atoms with Crippen LogP contribution in [0.1, 0.15) is 88.8 Å². The number of hydrogen-bond acceptors (Lipinski definition) is 8. The van der Waals surface area contributed by atoms with E-state index in [0.717, 1.165) is 22.3 Å². The van der Waals surface area contributed by atoms with E-state index in [2.05, 4.69) is 0 Å². The molecule has 52 heavy (non-hydrogen) atoms. The summed E-state index contributed by atoms with van der Waals surface area (Å²) in [7, 11) is 1.46. The molecule has 0 saturated heterocycles. The van der Waals surface area contributed by atoms with E-state index in [1.54, 1.807) is 24.3 Å². The molecule has 10 nitrogen and oxygen atoms in total. The minimum Gasteiger partial charge on any atom is -0.511 e. The average Bonchev–Trinajstić information content (AvgIpc) is 3.40. The van der Waals surface area contributed by atoms with Crippen molar-refractivity contribution in [2.75, 3.05) is 13.7 Å². The number of rotatable bonds is 14. The van der Waals surface area contributed by atoms with E-state index in [4.69, 9.17) is 14.5 Å². The summed E-state index contributed by atoms with van der Waals surface area (Å²) in [5.41, 5.74) is 6.11. The molecule has 0 spiro atoms. The first-order valence-electron chi connectivity index (χ1n) is 17.8. The number of hydrogen-bond donors (Lipinski definition) is 2. The Balaban J connectivity index is 1.25. The Bertz CT molecular complexity index is 1830. The lowest BCUT2D eigenvalue weighted by Crippen LogP contribution is -2.44. The molecule has 1 amide bonds. The predicted molar refractivity (Wildman–Crippen MR) is 199 cm³/mol. The van der Waals surface area contributed by atoms with Gasteiger partial charge in [0.1, 0.15) is 25.0 Å². The normalized spacial score (nSPS) is 16.0. The van der Waals surface area contributed by atoms with Crippen LogP contribution in [0.5, 0.6) is 0 Å². The first-order chi connectivity index (χ1) is 24.7. The van der Waals surface area contributed by atoms with Gasteiger partial charge in [-0.25, -0.2) is 9.59 Å². The van der Waals surface area contributed by atoms with Gasteiger partial charge >= 0.3 is 18.0 Å². The maximum atomic E-state index is 13.4. The molecule has 0 saturated carbocycles. The van der Waals surface area contributed by atoms with Crippen LogP contribution in [0.15, 0.2) is 89.1 Å². The molecule has 0 fully saturated rings. The van der Waals surface area contributed by atoms with Gasteiger partial charge in [-0.2, -0.15) is 0 Å². The molecule has 0 aromatic heterocycles. The summed E-state index contributed by atoms with van der Waals surface area (Å²) in [6.07, 6.45) is 0.626. The van der Waals surface area contributed by atoms with E-state index in [1.165, 1.54) is 11.9 Å². The van der Waals surface area contributed by atoms with Crippen LogP contribution in [-0.2, 0) is 30.5 Å². The third kappa shape index (κ3) is 9.15. The lowest BCUT2D eigenvalue weighted by molar-refractivity contribution is -0.151. The zero-order valence-electron chi connectivity index (χ0n) is 30.6. The molecule has 10 heteroatoms. The number of amides is 1. The average molecular weight is 709 g/mol. The minimum absolute atomic E-state index is 0.0742. The van der Waals surface area contributed by atoms with Crippen LogP contribution in [0.3, 0.4) is 0 Å². The first kappa shape index (κ1) is 38.0. The van der Waals surface area contributed by atoms with Gasteiger partial charge < -0.3 is 19.7 Å². The van der Waals surface area contributed by atoms with Gasteiger partial charge in [0, 0.05) is 32.2 Å². The van der Waals surface area contributed by atoms with Gasteiger partial charge in [0.05, 0.1) is 17.0 Å². The van der Waals surface area contributed by atoms with E-state index in [0.29, 0.717) is 41.8 Å². The maximum Gasteiger partial charge on any atom is 0.410 e. The fourth-order valence-electron chi connectivity index (χ4n) is 7.02. The highest BCUT2D eigenvalue weighted by Crippen LogP contribution is 2.44. The number of Topliss-reactive ketones (excluding diaryl/α,β-unsaturated/α-hetero) is 1. The Morgan fingerprint density at radius 2 is 1.54 bits per heavy atom. The van der Waals surface area contributed by atoms with Crippen LogP contribution >= 0.6 is 0 Å². The van der Waals surface area contributed by atoms with Crippen LogP contribution in [0, 0.1) is 11.3 Å². The maximum absolute atomic E-state index is 13.4. The van der Waals surface area contributed by atoms with Gasteiger partial charge in [-0.05, 0) is 70.5 Å². The highest BCUT2D eigenvalue weighted by atomic mass is 16.6. The quantitative estimate of drug-likeness (QED) is 0.125. The number of benzene rings is 3. The summed E-state index contributed by atoms with van der Waals surface area (Å²) in [5.74, 6) is -1.67. The van der Waals surface area contributed by atoms with Crippen molar-refractivity contribution < 1.29 is 38.9 Å². The number of carboxylic acids is 1. The largest absolute Gasteiger partial charge is 0.511 e. The molecule has 0 radical (unpaired) electrons. The molecule has 2 aliphatic rings. The van der Waals surface area contributed by atoms with Gasteiger partial charge in [0.15, 0.2) is 5.78 Å². The molecule has 0 bridgehead atoms. The second-order valence-corrected chi connectivity index (χ2v) is 14.9. The smallest absolute Gasteiger partial charge is 0.410 e. The summed E-state index contributed by atoms with van der Waals surface area (Å²) in [6.45, 7) is 7.96. The number of aliphatic carboxylic acids is 1. The number of ether oxygens (including phenoxy) is 2. The Labute approximate surface area is 305 Å². The Morgan fingerprint density at radius 3 is 2.12 bits per heavy atom. The SMILES string of the molecule is CC(C)CC(=Nc1ccc(COC(=O)[C@H](CCCC(=O)O)N(C)C(=O)OCC2c3ccccc3-c3ccccc32)cc1)C1=C(O)CC(C)(C)CC1=O. The monoisotopic (exact) mass is 708 g/mol. The van der Waals surface area contributed by atoms with Crippen molar-refractivity contribution in [2.45, 2.75) is 84.8 Å². The van der Waals surface area contributed by atoms with Gasteiger partial charge in [0.25, 0.3) is 0 Å². The summed E-state index contributed by atoms with van der Waals surface area (Å²) in [5, 5.41) is 20.0. The van der Waals surface area contributed by atoms with Gasteiger partial charge in [0.2, 0.25) is 0 Å². The number of aliphatic hydroxyl groups is 1. The molecule has 5 rings (SSSR count). The third-order valence-corrected chi connectivity index (χ3v) is 9.56. The molecule has 3 aromatic rings. The Kier molecular flexibility index (Phi) is 12.0. The van der Waals surface area contributed by atoms with Gasteiger partial charge in [-0.1, -0.05) is 88.4 Å². The topological polar surface area (TPSA) is 143 Å². The lowest BCUT2D eigenvalue weighted by atomic mass is 9.75. The van der Waals surface area contributed by atoms with Crippen LogP contribution < -0.4 is 0 Å². The number of carbonyl (C=O) groups is 4. The standard InChI is InChI=1S/C42H48N2O8/c1-26(2)21-34(39-36(45)22-42(3,4)23-37(39)46)43-28-19-17-27(18-20-28)24-51-40(49)35(15-10-16-38(47)48)44(5)41(50)52-25-33-31-13-8-6-11-29(31)30-12-7-9-14-32(30)33/h6-9,11-14,17-20,26,33,35,45H,10,15-16,21-25H2,1-5H3,(H,47,48)/t35-/m0/s1. The fourth-order valence-corrected chi connectivity index (χ4v) is 7.02. The fraction of sp³-hybridized carbons (Fsp3) is 0.405. The molecule has 0 heterocycles. The van der Waals surface area contributed by atoms with Crippen LogP contribution in [-0.4, -0.2) is 64.3 Å². The van der Waals surface area contributed by atoms with Crippen molar-refractivity contribution in [3.8, 4) is 11.1 Å². The van der Waals surface area contributed by atoms with Crippen molar-refractivity contribution in [1.82, 2.24) is 4.90 Å². The van der Waals surface area contributed by atoms with Crippen LogP contribution in [0.2, 0.25) is 0 Å². The van der Waals surface area contributed by atoms with Crippen LogP contribution in [0.25, 0.3) is 11.1 Å². The number of ketones is 1. The summed E-state index contributed by atoms with van der Waals surface area (Å²) >= 11 is 0. The number of aliphatic imine (C=N–C) groups is 1. The summed E-state index contributed by atoms with van der Waals surface area (Å²) in [4.78, 5) is 57.0. The highest BCUT2D eigenvalue weighted by molar-refractivity contribution is 6.23. The molecule has 2 N–H and O–H groups in total. The molecular formula is C42H48N2O8. The van der Waals surface area contributed by atoms with Gasteiger partial charge in [-0.3, -0.25) is 19.5 Å². The number of likely N-dealkylation sites (N-methyl/N-ethyl adjacent to an activating group) is 1. The zero-order chi connectivity index (χ0) is 37.6. The Morgan fingerprint density at radius 1 is 0.923 bits per heavy atom. The van der Waals surface area contributed by atoms with Crippen molar-refractivity contribution in [2.24, 2.45) is 16.3 Å². The van der Waals surface area contributed by atoms with Crippen molar-refractivity contribution in [1.29, 1.82) is 0 Å². The molecule has 2 aliphatic carbocycles. The number of aliphatic hydroxyl groups excluding tert-OH is 1. The highest BCUT2D eigenvalue weighted by Gasteiger charge is 2.36. The number of nitrogens with zero attached hydrogens (tertiary/aromatic N) is 2. The van der Waals surface area contributed by atoms with Crippen molar-refractivity contribution >= 4 is 35.2 Å². The third-order valence-electron chi connectivity index (χ3n) is 9.56. The number of carbonyl (C=O) groups excluding carboxylic acids is 3. The zero-order valence-corrected chi connectivity index (χ0v) is 30.6. The number of fused-ring (bicyclic) bond motifs is 3. The molecule has 0 unspecified atom stereocenters. The second-order valence-electron chi connectivity index (χ2n) is 14.9. The second kappa shape index (κ2) is 16.4. The van der Waals surface area contributed by atoms with E-state index in [9.17, 15) is 29.4 Å². The molecule has 3 aromatic carbocycles. The van der Waals surface area contributed by atoms with Gasteiger partial charge in [-0.15, -0.1) is 0 Å². The minimum atomic E-state index is -1.06. The molecule has 274 valence electrons. The number of carboxylic acid groups (broad SMARTS) is 1. The van der Waals surface area contributed by atoms with E-state index >= 15 is 0 Å².